The molecule has 1 aromatic heterocycles. The zero-order chi connectivity index (χ0) is 25.6. The third-order valence-electron chi connectivity index (χ3n) is 6.34. The van der Waals surface area contributed by atoms with Gasteiger partial charge in [0.25, 0.3) is 5.91 Å². The second kappa shape index (κ2) is 10.9. The van der Waals surface area contributed by atoms with Gasteiger partial charge in [-0.2, -0.15) is 5.10 Å². The average Bonchev–Trinajstić information content (AvgIpc) is 3.26. The summed E-state index contributed by atoms with van der Waals surface area (Å²) in [5, 5.41) is 14.2. The maximum atomic E-state index is 12.1. The topological polar surface area (TPSA) is 148 Å². The Hall–Kier alpha value is -3.38. The third-order valence-corrected chi connectivity index (χ3v) is 8.36. The van der Waals surface area contributed by atoms with Crippen LogP contribution in [0.5, 0.6) is 0 Å². The van der Waals surface area contributed by atoms with E-state index in [0.717, 1.165) is 30.0 Å². The summed E-state index contributed by atoms with van der Waals surface area (Å²) in [6, 6.07) is 5.50. The predicted molar refractivity (Wildman–Crippen MR) is 131 cm³/mol. The number of carbonyl (C=O) groups is 2. The van der Waals surface area contributed by atoms with Gasteiger partial charge >= 0.3 is 0 Å². The molecule has 0 aliphatic carbocycles. The van der Waals surface area contributed by atoms with Gasteiger partial charge in [-0.3, -0.25) is 19.5 Å². The molecule has 10 nitrogen and oxygen atoms in total. The Morgan fingerprint density at radius 2 is 2.00 bits per heavy atom. The molecule has 3 rings (SSSR count). The van der Waals surface area contributed by atoms with Crippen molar-refractivity contribution < 1.29 is 23.2 Å². The van der Waals surface area contributed by atoms with Crippen molar-refractivity contribution in [1.82, 2.24) is 20.2 Å². The summed E-state index contributed by atoms with van der Waals surface area (Å²) in [5.41, 5.74) is 8.31. The number of aromatic nitrogens is 2. The van der Waals surface area contributed by atoms with Gasteiger partial charge in [-0.05, 0) is 56.2 Å². The van der Waals surface area contributed by atoms with Crippen LogP contribution in [0.25, 0.3) is 10.9 Å². The Balaban J connectivity index is 1.65. The smallest absolute Gasteiger partial charge is 0.264 e. The van der Waals surface area contributed by atoms with Gasteiger partial charge in [0, 0.05) is 49.0 Å². The molecule has 0 bridgehead atoms. The number of benzene rings is 1. The van der Waals surface area contributed by atoms with E-state index < -0.39 is 20.5 Å². The number of hydroxylamine groups is 1. The van der Waals surface area contributed by atoms with Gasteiger partial charge in [-0.25, -0.2) is 13.9 Å². The summed E-state index contributed by atoms with van der Waals surface area (Å²) in [7, 11) is -3.78. The van der Waals surface area contributed by atoms with Crippen LogP contribution >= 0.6 is 0 Å². The minimum Gasteiger partial charge on any atom is -0.342 e. The summed E-state index contributed by atoms with van der Waals surface area (Å²) in [6.07, 6.45) is 4.27. The molecular formula is C24H29N5O5S. The van der Waals surface area contributed by atoms with E-state index in [1.807, 2.05) is 18.2 Å². The highest BCUT2D eigenvalue weighted by molar-refractivity contribution is 7.92. The molecule has 2 amide bonds. The first-order valence-electron chi connectivity index (χ1n) is 11.2. The number of aryl methyl sites for hydroxylation is 1. The largest absolute Gasteiger partial charge is 0.342 e. The number of nitrogens with two attached hydrogens (primary N) is 1. The highest BCUT2D eigenvalue weighted by Crippen LogP contribution is 2.23. The van der Waals surface area contributed by atoms with E-state index in [2.05, 4.69) is 28.8 Å². The van der Waals surface area contributed by atoms with Crippen molar-refractivity contribution in [2.75, 3.05) is 25.9 Å². The van der Waals surface area contributed by atoms with E-state index in [4.69, 9.17) is 10.9 Å². The van der Waals surface area contributed by atoms with Gasteiger partial charge in [0.05, 0.1) is 12.1 Å². The standard InChI is InChI=1S/C24H29N5O5S/c1-24(23(31)27-32,35(2,33)34)11-14-29-17-20-15-19(7-8-21(20)26-29)6-4-3-5-18-9-12-28(13-10-18)22(30)16-25/h7-8,15,17-18,32H,9-14,16,25H2,1-2H3,(H,27,31)/t24-/m1/s1. The van der Waals surface area contributed by atoms with Crippen molar-refractivity contribution in [3.63, 3.8) is 0 Å². The van der Waals surface area contributed by atoms with Crippen LogP contribution < -0.4 is 11.2 Å². The number of fused-ring (bicyclic) bond motifs is 1. The predicted octanol–water partition coefficient (Wildman–Crippen LogP) is 0.287. The maximum absolute atomic E-state index is 12.1. The fraction of sp³-hybridized carbons (Fsp3) is 0.458. The number of piperidine rings is 1. The second-order valence-corrected chi connectivity index (χ2v) is 11.2. The zero-order valence-electron chi connectivity index (χ0n) is 19.7. The van der Waals surface area contributed by atoms with Crippen LogP contribution in [-0.4, -0.2) is 70.8 Å². The van der Waals surface area contributed by atoms with Crippen LogP contribution in [0.1, 0.15) is 31.7 Å². The Morgan fingerprint density at radius 1 is 1.29 bits per heavy atom. The lowest BCUT2D eigenvalue weighted by Gasteiger charge is -2.29. The number of rotatable bonds is 6. The van der Waals surface area contributed by atoms with Gasteiger partial charge in [-0.15, -0.1) is 0 Å². The summed E-state index contributed by atoms with van der Waals surface area (Å²) < 4.78 is 24.0. The van der Waals surface area contributed by atoms with Crippen molar-refractivity contribution in [1.29, 1.82) is 0 Å². The van der Waals surface area contributed by atoms with Crippen LogP contribution in [0.4, 0.5) is 0 Å². The molecule has 186 valence electrons. The van der Waals surface area contributed by atoms with E-state index >= 15 is 0 Å². The second-order valence-electron chi connectivity index (χ2n) is 8.74. The molecule has 1 fully saturated rings. The highest BCUT2D eigenvalue weighted by atomic mass is 32.2. The molecule has 0 unspecified atom stereocenters. The van der Waals surface area contributed by atoms with Crippen LogP contribution in [0, 0.1) is 29.6 Å². The molecule has 2 aromatic rings. The molecular weight excluding hydrogens is 470 g/mol. The lowest BCUT2D eigenvalue weighted by Crippen LogP contribution is -2.49. The molecule has 1 atom stereocenters. The fourth-order valence-corrected chi connectivity index (χ4v) is 4.67. The Labute approximate surface area is 204 Å². The van der Waals surface area contributed by atoms with E-state index in [0.29, 0.717) is 18.6 Å². The zero-order valence-corrected chi connectivity index (χ0v) is 20.6. The van der Waals surface area contributed by atoms with Gasteiger partial charge in [0.2, 0.25) is 5.91 Å². The number of hydrogen-bond acceptors (Lipinski definition) is 7. The lowest BCUT2D eigenvalue weighted by atomic mass is 9.97. The number of carbonyl (C=O) groups excluding carboxylic acids is 2. The van der Waals surface area contributed by atoms with Gasteiger partial charge in [0.15, 0.2) is 14.6 Å². The van der Waals surface area contributed by atoms with Gasteiger partial charge in [-0.1, -0.05) is 11.8 Å². The number of amides is 2. The number of nitrogens with zero attached hydrogens (tertiary/aromatic N) is 3. The molecule has 1 aliphatic heterocycles. The number of likely N-dealkylation sites (tertiary alicyclic amines) is 1. The van der Waals surface area contributed by atoms with Crippen molar-refractivity contribution in [2.24, 2.45) is 11.7 Å². The van der Waals surface area contributed by atoms with E-state index in [-0.39, 0.29) is 31.3 Å². The molecule has 1 aromatic carbocycles. The summed E-state index contributed by atoms with van der Waals surface area (Å²) in [4.78, 5) is 25.4. The van der Waals surface area contributed by atoms with Crippen molar-refractivity contribution in [3.05, 3.63) is 30.0 Å². The molecule has 0 radical (unpaired) electrons. The summed E-state index contributed by atoms with van der Waals surface area (Å²) in [6.45, 7) is 2.80. The number of nitrogens with one attached hydrogen (secondary N) is 1. The fourth-order valence-electron chi connectivity index (χ4n) is 3.83. The molecule has 1 aliphatic rings. The summed E-state index contributed by atoms with van der Waals surface area (Å²) in [5.74, 6) is 11.1. The van der Waals surface area contributed by atoms with E-state index in [9.17, 15) is 18.0 Å². The number of sulfone groups is 1. The van der Waals surface area contributed by atoms with Crippen LogP contribution in [0.15, 0.2) is 24.4 Å². The van der Waals surface area contributed by atoms with Crippen LogP contribution in [-0.2, 0) is 26.0 Å². The lowest BCUT2D eigenvalue weighted by molar-refractivity contribution is -0.132. The number of hydrogen-bond donors (Lipinski definition) is 3. The maximum Gasteiger partial charge on any atom is 0.264 e. The van der Waals surface area contributed by atoms with Crippen molar-refractivity contribution in [2.45, 2.75) is 37.5 Å². The van der Waals surface area contributed by atoms with Crippen molar-refractivity contribution >= 4 is 32.6 Å². The molecule has 4 N–H and O–H groups in total. The van der Waals surface area contributed by atoms with Gasteiger partial charge in [0.1, 0.15) is 0 Å². The quantitative estimate of drug-likeness (QED) is 0.294. The molecule has 0 saturated carbocycles. The Bertz CT molecular complexity index is 1340. The molecule has 11 heteroatoms. The minimum atomic E-state index is -3.78. The molecule has 0 spiro atoms. The molecule has 1 saturated heterocycles. The van der Waals surface area contributed by atoms with Crippen molar-refractivity contribution in [3.8, 4) is 23.7 Å². The van der Waals surface area contributed by atoms with Gasteiger partial charge < -0.3 is 10.6 Å². The first kappa shape index (κ1) is 26.2. The van der Waals surface area contributed by atoms with Crippen LogP contribution in [0.3, 0.4) is 0 Å². The SMILES string of the molecule is C[C@@](CCn1cc2cc(C#CC#CC3CCN(C(=O)CN)CC3)ccc2n1)(C(=O)NO)S(C)(=O)=O. The Morgan fingerprint density at radius 3 is 2.63 bits per heavy atom. The third kappa shape index (κ3) is 6.20. The monoisotopic (exact) mass is 499 g/mol. The normalized spacial score (nSPS) is 15.9. The first-order chi connectivity index (χ1) is 16.6. The van der Waals surface area contributed by atoms with Crippen LogP contribution in [0.2, 0.25) is 0 Å². The first-order valence-corrected chi connectivity index (χ1v) is 13.1. The minimum absolute atomic E-state index is 0.0324. The molecule has 35 heavy (non-hydrogen) atoms. The van der Waals surface area contributed by atoms with E-state index in [1.54, 1.807) is 15.8 Å². The average molecular weight is 500 g/mol. The molecule has 2 heterocycles. The Kier molecular flexibility index (Phi) is 8.18. The van der Waals surface area contributed by atoms with E-state index in [1.165, 1.54) is 12.4 Å². The summed E-state index contributed by atoms with van der Waals surface area (Å²) >= 11 is 0. The highest BCUT2D eigenvalue weighted by Gasteiger charge is 2.43.